The number of halogens is 1. The summed E-state index contributed by atoms with van der Waals surface area (Å²) in [4.78, 5) is 0. The van der Waals surface area contributed by atoms with Gasteiger partial charge in [-0.15, -0.1) is 0 Å². The van der Waals surface area contributed by atoms with E-state index < -0.39 is 0 Å². The van der Waals surface area contributed by atoms with Crippen molar-refractivity contribution in [2.75, 3.05) is 0 Å². The van der Waals surface area contributed by atoms with Crippen LogP contribution in [0.15, 0.2) is 35.4 Å². The molecule has 1 aliphatic rings. The molecule has 1 nitrogen and oxygen atoms in total. The predicted molar refractivity (Wildman–Crippen MR) is 71.4 cm³/mol. The molecule has 0 spiro atoms. The molecule has 2 heteroatoms. The van der Waals surface area contributed by atoms with Crippen molar-refractivity contribution in [1.29, 1.82) is 5.26 Å². The molecule has 0 aliphatic heterocycles. The zero-order valence-corrected chi connectivity index (χ0v) is 10.8. The van der Waals surface area contributed by atoms with Crippen LogP contribution >= 0.6 is 11.6 Å². The van der Waals surface area contributed by atoms with E-state index in [0.717, 1.165) is 23.4 Å². The summed E-state index contributed by atoms with van der Waals surface area (Å²) in [5.41, 5.74) is 1.56. The number of allylic oxidation sites excluding steroid dienone is 2. The molecule has 88 valence electrons. The number of hydrogen-bond acceptors (Lipinski definition) is 1. The van der Waals surface area contributed by atoms with Crippen molar-refractivity contribution in [3.8, 4) is 6.07 Å². The molecule has 0 bridgehead atoms. The number of hydrogen-bond donors (Lipinski definition) is 0. The fourth-order valence-corrected chi connectivity index (χ4v) is 2.86. The average molecular weight is 246 g/mol. The molecule has 0 amide bonds. The third-order valence-electron chi connectivity index (χ3n) is 3.63. The molecule has 1 aliphatic carbocycles. The third kappa shape index (κ3) is 2.37. The normalized spacial score (nSPS) is 19.6. The van der Waals surface area contributed by atoms with Gasteiger partial charge in [0.2, 0.25) is 0 Å². The topological polar surface area (TPSA) is 23.8 Å². The largest absolute Gasteiger partial charge is 0.192 e. The van der Waals surface area contributed by atoms with E-state index in [1.54, 1.807) is 0 Å². The maximum Gasteiger partial charge on any atom is 0.101 e. The summed E-state index contributed by atoms with van der Waals surface area (Å²) in [6, 6.07) is 12.0. The zero-order chi connectivity index (χ0) is 12.3. The average Bonchev–Trinajstić information content (AvgIpc) is 2.80. The van der Waals surface area contributed by atoms with Crippen molar-refractivity contribution in [2.24, 2.45) is 5.41 Å². The smallest absolute Gasteiger partial charge is 0.101 e. The second kappa shape index (κ2) is 4.94. The Bertz CT molecular complexity index is 461. The van der Waals surface area contributed by atoms with E-state index in [0.29, 0.717) is 5.57 Å². The standard InChI is InChI=1S/C15H16ClN/c1-15(9-5-6-10-15)14(16)13(11-17)12-7-3-2-4-8-12/h2-4,7-8H,5-6,9-10H2,1H3. The fraction of sp³-hybridized carbons (Fsp3) is 0.400. The van der Waals surface area contributed by atoms with Gasteiger partial charge in [0.15, 0.2) is 0 Å². The molecule has 2 rings (SSSR count). The maximum absolute atomic E-state index is 9.33. The van der Waals surface area contributed by atoms with E-state index >= 15 is 0 Å². The lowest BCUT2D eigenvalue weighted by atomic mass is 9.85. The summed E-state index contributed by atoms with van der Waals surface area (Å²) in [7, 11) is 0. The Kier molecular flexibility index (Phi) is 3.54. The molecule has 1 aromatic rings. The van der Waals surface area contributed by atoms with Crippen LogP contribution in [0.25, 0.3) is 5.57 Å². The summed E-state index contributed by atoms with van der Waals surface area (Å²) in [6.07, 6.45) is 4.59. The molecule has 0 heterocycles. The Balaban J connectivity index is 2.44. The summed E-state index contributed by atoms with van der Waals surface area (Å²) >= 11 is 6.49. The first kappa shape index (κ1) is 12.2. The van der Waals surface area contributed by atoms with Crippen LogP contribution in [0.5, 0.6) is 0 Å². The van der Waals surface area contributed by atoms with Gasteiger partial charge in [0.25, 0.3) is 0 Å². The summed E-state index contributed by atoms with van der Waals surface area (Å²) in [5, 5.41) is 10.1. The molecule has 0 unspecified atom stereocenters. The Labute approximate surface area is 108 Å². The highest BCUT2D eigenvalue weighted by Gasteiger charge is 2.34. The van der Waals surface area contributed by atoms with Crippen LogP contribution in [0.3, 0.4) is 0 Å². The lowest BCUT2D eigenvalue weighted by Gasteiger charge is -2.24. The van der Waals surface area contributed by atoms with Crippen molar-refractivity contribution >= 4 is 17.2 Å². The van der Waals surface area contributed by atoms with Crippen LogP contribution < -0.4 is 0 Å². The van der Waals surface area contributed by atoms with E-state index in [4.69, 9.17) is 11.6 Å². The highest BCUT2D eigenvalue weighted by atomic mass is 35.5. The first-order valence-corrected chi connectivity index (χ1v) is 6.41. The molecular weight excluding hydrogens is 230 g/mol. The van der Waals surface area contributed by atoms with Gasteiger partial charge in [-0.25, -0.2) is 0 Å². The molecule has 17 heavy (non-hydrogen) atoms. The van der Waals surface area contributed by atoms with Crippen molar-refractivity contribution in [3.63, 3.8) is 0 Å². The highest BCUT2D eigenvalue weighted by Crippen LogP contribution is 2.47. The molecule has 0 saturated heterocycles. The van der Waals surface area contributed by atoms with Crippen molar-refractivity contribution in [1.82, 2.24) is 0 Å². The number of benzene rings is 1. The van der Waals surface area contributed by atoms with Gasteiger partial charge in [0.05, 0.1) is 5.57 Å². The van der Waals surface area contributed by atoms with Crippen LogP contribution in [0.2, 0.25) is 0 Å². The second-order valence-electron chi connectivity index (χ2n) is 4.93. The van der Waals surface area contributed by atoms with Gasteiger partial charge < -0.3 is 0 Å². The van der Waals surface area contributed by atoms with Crippen LogP contribution in [-0.2, 0) is 0 Å². The molecule has 0 radical (unpaired) electrons. The van der Waals surface area contributed by atoms with Crippen LogP contribution in [0, 0.1) is 16.7 Å². The minimum absolute atomic E-state index is 0.00244. The third-order valence-corrected chi connectivity index (χ3v) is 4.28. The minimum Gasteiger partial charge on any atom is -0.192 e. The number of nitrogens with zero attached hydrogens (tertiary/aromatic N) is 1. The molecule has 0 atom stereocenters. The van der Waals surface area contributed by atoms with E-state index in [-0.39, 0.29) is 5.41 Å². The van der Waals surface area contributed by atoms with Gasteiger partial charge in [0, 0.05) is 10.4 Å². The van der Waals surface area contributed by atoms with E-state index in [1.165, 1.54) is 12.8 Å². The van der Waals surface area contributed by atoms with E-state index in [1.807, 2.05) is 30.3 Å². The zero-order valence-electron chi connectivity index (χ0n) is 10.0. The van der Waals surface area contributed by atoms with E-state index in [9.17, 15) is 5.26 Å². The van der Waals surface area contributed by atoms with Crippen molar-refractivity contribution < 1.29 is 0 Å². The van der Waals surface area contributed by atoms with Gasteiger partial charge in [-0.1, -0.05) is 61.7 Å². The van der Waals surface area contributed by atoms with Gasteiger partial charge in [-0.05, 0) is 18.4 Å². The molecular formula is C15H16ClN. The van der Waals surface area contributed by atoms with Gasteiger partial charge in [-0.2, -0.15) is 5.26 Å². The SMILES string of the molecule is CC1(C(Cl)=C(C#N)c2ccccc2)CCCC1. The first-order valence-electron chi connectivity index (χ1n) is 6.03. The van der Waals surface area contributed by atoms with Crippen LogP contribution in [0.1, 0.15) is 38.2 Å². The van der Waals surface area contributed by atoms with Crippen LogP contribution in [-0.4, -0.2) is 0 Å². The number of rotatable bonds is 2. The second-order valence-corrected chi connectivity index (χ2v) is 5.31. The Morgan fingerprint density at radius 3 is 2.35 bits per heavy atom. The van der Waals surface area contributed by atoms with Crippen molar-refractivity contribution in [3.05, 3.63) is 40.9 Å². The Morgan fingerprint density at radius 1 is 1.24 bits per heavy atom. The monoisotopic (exact) mass is 245 g/mol. The minimum atomic E-state index is 0.00244. The van der Waals surface area contributed by atoms with Gasteiger partial charge in [-0.3, -0.25) is 0 Å². The molecule has 1 saturated carbocycles. The Morgan fingerprint density at radius 2 is 1.82 bits per heavy atom. The highest BCUT2D eigenvalue weighted by molar-refractivity contribution is 6.34. The summed E-state index contributed by atoms with van der Waals surface area (Å²) < 4.78 is 0. The Hall–Kier alpha value is -1.26. The van der Waals surface area contributed by atoms with Gasteiger partial charge >= 0.3 is 0 Å². The van der Waals surface area contributed by atoms with Crippen LogP contribution in [0.4, 0.5) is 0 Å². The molecule has 0 aromatic heterocycles. The lowest BCUT2D eigenvalue weighted by molar-refractivity contribution is 0.437. The van der Waals surface area contributed by atoms with Gasteiger partial charge in [0.1, 0.15) is 6.07 Å². The quantitative estimate of drug-likeness (QED) is 0.691. The molecule has 0 N–H and O–H groups in total. The molecule has 1 aromatic carbocycles. The lowest BCUT2D eigenvalue weighted by Crippen LogP contribution is -2.12. The fourth-order valence-electron chi connectivity index (χ4n) is 2.52. The summed E-state index contributed by atoms with van der Waals surface area (Å²) in [6.45, 7) is 2.17. The summed E-state index contributed by atoms with van der Waals surface area (Å²) in [5.74, 6) is 0. The first-order chi connectivity index (χ1) is 8.17. The number of nitriles is 1. The molecule has 1 fully saturated rings. The van der Waals surface area contributed by atoms with Crippen molar-refractivity contribution in [2.45, 2.75) is 32.6 Å². The van der Waals surface area contributed by atoms with E-state index in [2.05, 4.69) is 13.0 Å². The predicted octanol–water partition coefficient (Wildman–Crippen LogP) is 4.74. The maximum atomic E-state index is 9.33.